The van der Waals surface area contributed by atoms with E-state index in [2.05, 4.69) is 9.62 Å². The molecule has 6 heteroatoms. The highest BCUT2D eigenvalue weighted by Crippen LogP contribution is 2.25. The van der Waals surface area contributed by atoms with Crippen molar-refractivity contribution >= 4 is 21.4 Å². The molecule has 0 atom stereocenters. The van der Waals surface area contributed by atoms with E-state index in [0.29, 0.717) is 11.4 Å². The zero-order valence-electron chi connectivity index (χ0n) is 14.0. The normalized spacial score (nSPS) is 14.7. The number of methoxy groups -OCH3 is 1. The quantitative estimate of drug-likeness (QED) is 0.901. The maximum atomic E-state index is 12.5. The number of nitrogens with one attached hydrogen (secondary N) is 1. The third-order valence-corrected chi connectivity index (χ3v) is 5.65. The lowest BCUT2D eigenvalue weighted by molar-refractivity contribution is 0.411. The average molecular weight is 346 g/mol. The predicted octanol–water partition coefficient (Wildman–Crippen LogP) is 3.40. The molecule has 0 aliphatic carbocycles. The van der Waals surface area contributed by atoms with Crippen LogP contribution in [0, 0.1) is 6.92 Å². The van der Waals surface area contributed by atoms with Crippen molar-refractivity contribution in [3.8, 4) is 5.75 Å². The van der Waals surface area contributed by atoms with E-state index in [0.717, 1.165) is 24.3 Å². The van der Waals surface area contributed by atoms with Crippen LogP contribution < -0.4 is 14.4 Å². The number of anilines is 2. The zero-order chi connectivity index (χ0) is 17.2. The molecule has 0 unspecified atom stereocenters. The van der Waals surface area contributed by atoms with Gasteiger partial charge in [-0.2, -0.15) is 0 Å². The second-order valence-corrected chi connectivity index (χ2v) is 7.66. The molecular weight excluding hydrogens is 324 g/mol. The second kappa shape index (κ2) is 6.73. The molecule has 0 radical (unpaired) electrons. The highest BCUT2D eigenvalue weighted by molar-refractivity contribution is 7.92. The maximum Gasteiger partial charge on any atom is 0.261 e. The molecular formula is C18H22N2O3S. The summed E-state index contributed by atoms with van der Waals surface area (Å²) in [5.74, 6) is 0.670. The lowest BCUT2D eigenvalue weighted by Gasteiger charge is -2.18. The van der Waals surface area contributed by atoms with Crippen molar-refractivity contribution in [3.63, 3.8) is 0 Å². The van der Waals surface area contributed by atoms with Crippen LogP contribution in [-0.2, 0) is 10.0 Å². The van der Waals surface area contributed by atoms with Gasteiger partial charge in [-0.15, -0.1) is 0 Å². The van der Waals surface area contributed by atoms with Gasteiger partial charge in [0.1, 0.15) is 5.75 Å². The molecule has 128 valence electrons. The summed E-state index contributed by atoms with van der Waals surface area (Å²) in [6, 6.07) is 12.4. The van der Waals surface area contributed by atoms with Gasteiger partial charge in [-0.05, 0) is 67.8 Å². The van der Waals surface area contributed by atoms with Crippen LogP contribution in [0.15, 0.2) is 47.4 Å². The van der Waals surface area contributed by atoms with Gasteiger partial charge in [0.25, 0.3) is 10.0 Å². The summed E-state index contributed by atoms with van der Waals surface area (Å²) in [5, 5.41) is 0. The number of benzene rings is 2. The third kappa shape index (κ3) is 3.48. The van der Waals surface area contributed by atoms with Gasteiger partial charge in [-0.1, -0.05) is 0 Å². The number of hydrogen-bond donors (Lipinski definition) is 1. The summed E-state index contributed by atoms with van der Waals surface area (Å²) in [7, 11) is -2.05. The molecule has 1 N–H and O–H groups in total. The minimum atomic E-state index is -3.61. The standard InChI is InChI=1S/C18H22N2O3S/c1-14-13-17(9-10-18(14)23-2)24(21,22)19-15-5-7-16(8-6-15)20-11-3-4-12-20/h5-10,13,19H,3-4,11-12H2,1-2H3. The fraction of sp³-hybridized carbons (Fsp3) is 0.333. The summed E-state index contributed by atoms with van der Waals surface area (Å²) < 4.78 is 32.9. The summed E-state index contributed by atoms with van der Waals surface area (Å²) in [6.45, 7) is 3.95. The first-order valence-electron chi connectivity index (χ1n) is 8.02. The first-order chi connectivity index (χ1) is 11.5. The van der Waals surface area contributed by atoms with Crippen LogP contribution in [-0.4, -0.2) is 28.6 Å². The summed E-state index contributed by atoms with van der Waals surface area (Å²) in [6.07, 6.45) is 2.43. The Hall–Kier alpha value is -2.21. The number of rotatable bonds is 5. The Balaban J connectivity index is 1.77. The second-order valence-electron chi connectivity index (χ2n) is 5.98. The molecule has 1 aliphatic heterocycles. The van der Waals surface area contributed by atoms with Crippen LogP contribution in [0.5, 0.6) is 5.75 Å². The smallest absolute Gasteiger partial charge is 0.261 e. The number of hydrogen-bond acceptors (Lipinski definition) is 4. The highest BCUT2D eigenvalue weighted by atomic mass is 32.2. The van der Waals surface area contributed by atoms with Gasteiger partial charge >= 0.3 is 0 Å². The fourth-order valence-corrected chi connectivity index (χ4v) is 4.09. The Bertz CT molecular complexity index is 811. The lowest BCUT2D eigenvalue weighted by Crippen LogP contribution is -2.17. The van der Waals surface area contributed by atoms with Crippen LogP contribution in [0.2, 0.25) is 0 Å². The van der Waals surface area contributed by atoms with Gasteiger partial charge < -0.3 is 9.64 Å². The molecule has 0 aromatic heterocycles. The molecule has 1 heterocycles. The van der Waals surface area contributed by atoms with Crippen molar-refractivity contribution in [2.24, 2.45) is 0 Å². The summed E-state index contributed by atoms with van der Waals surface area (Å²) in [5.41, 5.74) is 2.48. The van der Waals surface area contributed by atoms with Crippen molar-refractivity contribution in [1.29, 1.82) is 0 Å². The minimum absolute atomic E-state index is 0.226. The molecule has 1 saturated heterocycles. The van der Waals surface area contributed by atoms with Gasteiger partial charge in [0.2, 0.25) is 0 Å². The molecule has 1 aliphatic rings. The molecule has 2 aromatic rings. The summed E-state index contributed by atoms with van der Waals surface area (Å²) >= 11 is 0. The number of ether oxygens (including phenoxy) is 1. The SMILES string of the molecule is COc1ccc(S(=O)(=O)Nc2ccc(N3CCCC3)cc2)cc1C. The Kier molecular flexibility index (Phi) is 4.66. The molecule has 0 spiro atoms. The van der Waals surface area contributed by atoms with Crippen LogP contribution in [0.4, 0.5) is 11.4 Å². The Morgan fingerprint density at radius 3 is 2.29 bits per heavy atom. The molecule has 1 fully saturated rings. The van der Waals surface area contributed by atoms with Crippen molar-refractivity contribution < 1.29 is 13.2 Å². The number of nitrogens with zero attached hydrogens (tertiary/aromatic N) is 1. The Morgan fingerprint density at radius 1 is 1.04 bits per heavy atom. The topological polar surface area (TPSA) is 58.6 Å². The van der Waals surface area contributed by atoms with E-state index in [4.69, 9.17) is 4.74 Å². The molecule has 24 heavy (non-hydrogen) atoms. The Morgan fingerprint density at radius 2 is 1.71 bits per heavy atom. The van der Waals surface area contributed by atoms with Gasteiger partial charge in [0, 0.05) is 24.5 Å². The Labute approximate surface area is 143 Å². The third-order valence-electron chi connectivity index (χ3n) is 4.27. The molecule has 2 aromatic carbocycles. The fourth-order valence-electron chi connectivity index (χ4n) is 2.95. The monoisotopic (exact) mass is 346 g/mol. The van der Waals surface area contributed by atoms with Crippen molar-refractivity contribution in [2.75, 3.05) is 29.8 Å². The largest absolute Gasteiger partial charge is 0.496 e. The number of sulfonamides is 1. The predicted molar refractivity (Wildman–Crippen MR) is 96.4 cm³/mol. The van der Waals surface area contributed by atoms with Gasteiger partial charge in [0.15, 0.2) is 0 Å². The maximum absolute atomic E-state index is 12.5. The molecule has 5 nitrogen and oxygen atoms in total. The van der Waals surface area contributed by atoms with E-state index in [1.165, 1.54) is 12.8 Å². The van der Waals surface area contributed by atoms with Crippen molar-refractivity contribution in [3.05, 3.63) is 48.0 Å². The van der Waals surface area contributed by atoms with Crippen LogP contribution in [0.25, 0.3) is 0 Å². The van der Waals surface area contributed by atoms with Crippen LogP contribution in [0.3, 0.4) is 0 Å². The van der Waals surface area contributed by atoms with E-state index in [1.54, 1.807) is 25.3 Å². The van der Waals surface area contributed by atoms with Gasteiger partial charge in [-0.25, -0.2) is 8.42 Å². The zero-order valence-corrected chi connectivity index (χ0v) is 14.8. The van der Waals surface area contributed by atoms with Gasteiger partial charge in [0.05, 0.1) is 12.0 Å². The molecule has 3 rings (SSSR count). The van der Waals surface area contributed by atoms with Crippen molar-refractivity contribution in [2.45, 2.75) is 24.7 Å². The minimum Gasteiger partial charge on any atom is -0.496 e. The van der Waals surface area contributed by atoms with E-state index in [9.17, 15) is 8.42 Å². The molecule has 0 amide bonds. The van der Waals surface area contributed by atoms with Crippen molar-refractivity contribution in [1.82, 2.24) is 0 Å². The van der Waals surface area contributed by atoms with E-state index >= 15 is 0 Å². The first-order valence-corrected chi connectivity index (χ1v) is 9.50. The highest BCUT2D eigenvalue weighted by Gasteiger charge is 2.16. The van der Waals surface area contributed by atoms with Crippen LogP contribution >= 0.6 is 0 Å². The first kappa shape index (κ1) is 16.6. The lowest BCUT2D eigenvalue weighted by atomic mass is 10.2. The molecule has 0 saturated carbocycles. The average Bonchev–Trinajstić information content (AvgIpc) is 3.09. The van der Waals surface area contributed by atoms with Gasteiger partial charge in [-0.3, -0.25) is 4.72 Å². The van der Waals surface area contributed by atoms with Crippen LogP contribution in [0.1, 0.15) is 18.4 Å². The number of aryl methyl sites for hydroxylation is 1. The van der Waals surface area contributed by atoms with E-state index in [-0.39, 0.29) is 4.90 Å². The van der Waals surface area contributed by atoms with E-state index < -0.39 is 10.0 Å². The molecule has 0 bridgehead atoms. The van der Waals surface area contributed by atoms with E-state index in [1.807, 2.05) is 31.2 Å². The summed E-state index contributed by atoms with van der Waals surface area (Å²) in [4.78, 5) is 2.54.